The molecule has 6 heteroatoms. The lowest BCUT2D eigenvalue weighted by Crippen LogP contribution is -2.50. The van der Waals surface area contributed by atoms with Crippen LogP contribution < -0.4 is 10.6 Å². The third-order valence-corrected chi connectivity index (χ3v) is 7.63. The van der Waals surface area contributed by atoms with Crippen LogP contribution in [-0.2, 0) is 10.3 Å². The second-order valence-corrected chi connectivity index (χ2v) is 9.74. The van der Waals surface area contributed by atoms with Gasteiger partial charge in [0.1, 0.15) is 11.3 Å². The molecule has 1 fully saturated rings. The summed E-state index contributed by atoms with van der Waals surface area (Å²) in [6.45, 7) is 0. The van der Waals surface area contributed by atoms with Gasteiger partial charge in [-0.25, -0.2) is 0 Å². The predicted molar refractivity (Wildman–Crippen MR) is 139 cm³/mol. The highest BCUT2D eigenvalue weighted by atomic mass is 35.5. The standard InChI is InChI=1S/C30H23ClN2O3/c31-21-14-10-18(11-15-21)25-26(28(35)20-12-16-22(34)17-13-20)30(33-27(25)19-6-2-1-3-7-19)23-8-4-5-9-24(23)32-29(30)36/h1-17,25-27,33-34H,(H,32,36)/t25-,26?,27+,30?/m0/s1. The van der Waals surface area contributed by atoms with Crippen molar-refractivity contribution in [3.8, 4) is 5.75 Å². The number of nitrogens with one attached hydrogen (secondary N) is 2. The number of para-hydroxylation sites is 1. The van der Waals surface area contributed by atoms with E-state index >= 15 is 0 Å². The number of ketones is 1. The van der Waals surface area contributed by atoms with Crippen molar-refractivity contribution in [3.05, 3.63) is 130 Å². The second-order valence-electron chi connectivity index (χ2n) is 9.31. The number of Topliss-reactive ketones (excluding diaryl/α,β-unsaturated/α-hetero) is 1. The van der Waals surface area contributed by atoms with Gasteiger partial charge in [-0.05, 0) is 53.6 Å². The number of aromatic hydroxyl groups is 1. The van der Waals surface area contributed by atoms with Crippen molar-refractivity contribution in [2.75, 3.05) is 5.32 Å². The molecule has 0 radical (unpaired) electrons. The van der Waals surface area contributed by atoms with Gasteiger partial charge in [-0.3, -0.25) is 14.9 Å². The van der Waals surface area contributed by atoms with E-state index in [1.54, 1.807) is 12.1 Å². The summed E-state index contributed by atoms with van der Waals surface area (Å²) >= 11 is 6.22. The summed E-state index contributed by atoms with van der Waals surface area (Å²) in [7, 11) is 0. The normalized spacial score (nSPS) is 24.5. The molecule has 2 aliphatic rings. The first-order valence-electron chi connectivity index (χ1n) is 11.8. The van der Waals surface area contributed by atoms with Crippen LogP contribution >= 0.6 is 11.6 Å². The predicted octanol–water partition coefficient (Wildman–Crippen LogP) is 5.82. The molecule has 6 rings (SSSR count). The molecule has 36 heavy (non-hydrogen) atoms. The van der Waals surface area contributed by atoms with Gasteiger partial charge in [0.05, 0.1) is 5.92 Å². The van der Waals surface area contributed by atoms with Gasteiger partial charge < -0.3 is 10.4 Å². The van der Waals surface area contributed by atoms with Gasteiger partial charge in [-0.1, -0.05) is 72.3 Å². The van der Waals surface area contributed by atoms with Crippen LogP contribution in [0.3, 0.4) is 0 Å². The number of halogens is 1. The van der Waals surface area contributed by atoms with Crippen LogP contribution in [0.25, 0.3) is 0 Å². The van der Waals surface area contributed by atoms with E-state index in [1.165, 1.54) is 12.1 Å². The van der Waals surface area contributed by atoms with Gasteiger partial charge in [0, 0.05) is 33.8 Å². The quantitative estimate of drug-likeness (QED) is 0.312. The Bertz CT molecular complexity index is 1450. The lowest BCUT2D eigenvalue weighted by Gasteiger charge is -2.31. The highest BCUT2D eigenvalue weighted by Crippen LogP contribution is 2.57. The summed E-state index contributed by atoms with van der Waals surface area (Å²) in [4.78, 5) is 28.3. The molecule has 2 aliphatic heterocycles. The van der Waals surface area contributed by atoms with Crippen molar-refractivity contribution in [1.82, 2.24) is 5.32 Å². The fourth-order valence-electron chi connectivity index (χ4n) is 5.80. The van der Waals surface area contributed by atoms with E-state index in [1.807, 2.05) is 78.9 Å². The summed E-state index contributed by atoms with van der Waals surface area (Å²) in [5, 5.41) is 17.1. The Morgan fingerprint density at radius 2 is 1.47 bits per heavy atom. The number of phenolic OH excluding ortho intramolecular Hbond substituents is 1. The molecule has 4 aromatic carbocycles. The van der Waals surface area contributed by atoms with Gasteiger partial charge in [0.2, 0.25) is 5.91 Å². The van der Waals surface area contributed by atoms with Gasteiger partial charge >= 0.3 is 0 Å². The van der Waals surface area contributed by atoms with Crippen molar-refractivity contribution < 1.29 is 14.7 Å². The Kier molecular flexibility index (Phi) is 5.40. The van der Waals surface area contributed by atoms with Gasteiger partial charge in [0.25, 0.3) is 0 Å². The van der Waals surface area contributed by atoms with Crippen LogP contribution in [0.15, 0.2) is 103 Å². The fourth-order valence-corrected chi connectivity index (χ4v) is 5.93. The maximum absolute atomic E-state index is 14.4. The molecule has 0 saturated carbocycles. The molecule has 4 aromatic rings. The molecule has 1 amide bonds. The Morgan fingerprint density at radius 1 is 0.806 bits per heavy atom. The lowest BCUT2D eigenvalue weighted by atomic mass is 9.69. The average Bonchev–Trinajstić information content (AvgIpc) is 3.40. The van der Waals surface area contributed by atoms with E-state index in [2.05, 4.69) is 10.6 Å². The number of carbonyl (C=O) groups excluding carboxylic acids is 2. The Balaban J connectivity index is 1.62. The number of hydrogen-bond donors (Lipinski definition) is 3. The number of carbonyl (C=O) groups is 2. The molecule has 2 heterocycles. The van der Waals surface area contributed by atoms with E-state index < -0.39 is 11.5 Å². The van der Waals surface area contributed by atoms with E-state index in [0.29, 0.717) is 16.3 Å². The van der Waals surface area contributed by atoms with Crippen LogP contribution in [-0.4, -0.2) is 16.8 Å². The zero-order chi connectivity index (χ0) is 24.9. The monoisotopic (exact) mass is 494 g/mol. The van der Waals surface area contributed by atoms with Gasteiger partial charge in [-0.2, -0.15) is 0 Å². The molecule has 1 spiro atoms. The number of hydrogen-bond acceptors (Lipinski definition) is 4. The minimum Gasteiger partial charge on any atom is -0.508 e. The third kappa shape index (κ3) is 3.43. The number of phenols is 1. The van der Waals surface area contributed by atoms with E-state index in [-0.39, 0.29) is 29.4 Å². The molecule has 3 N–H and O–H groups in total. The lowest BCUT2D eigenvalue weighted by molar-refractivity contribution is -0.122. The smallest absolute Gasteiger partial charge is 0.250 e. The second kappa shape index (κ2) is 8.63. The van der Waals surface area contributed by atoms with Crippen LogP contribution in [0.1, 0.15) is 39.0 Å². The summed E-state index contributed by atoms with van der Waals surface area (Å²) in [6.07, 6.45) is 0. The fraction of sp³-hybridized carbons (Fsp3) is 0.133. The van der Waals surface area contributed by atoms with Crippen LogP contribution in [0.5, 0.6) is 5.75 Å². The number of anilines is 1. The summed E-state index contributed by atoms with van der Waals surface area (Å²) < 4.78 is 0. The molecule has 0 aromatic heterocycles. The van der Waals surface area contributed by atoms with Crippen molar-refractivity contribution in [3.63, 3.8) is 0 Å². The Hall–Kier alpha value is -3.93. The molecule has 5 nitrogen and oxygen atoms in total. The first kappa shape index (κ1) is 22.5. The highest BCUT2D eigenvalue weighted by Gasteiger charge is 2.64. The molecular weight excluding hydrogens is 472 g/mol. The maximum Gasteiger partial charge on any atom is 0.250 e. The van der Waals surface area contributed by atoms with Gasteiger partial charge in [0.15, 0.2) is 5.78 Å². The Morgan fingerprint density at radius 3 is 2.19 bits per heavy atom. The number of rotatable bonds is 4. The van der Waals surface area contributed by atoms with E-state index in [9.17, 15) is 14.7 Å². The third-order valence-electron chi connectivity index (χ3n) is 7.37. The van der Waals surface area contributed by atoms with Crippen molar-refractivity contribution in [1.29, 1.82) is 0 Å². The first-order chi connectivity index (χ1) is 17.5. The van der Waals surface area contributed by atoms with Crippen LogP contribution in [0.4, 0.5) is 5.69 Å². The minimum absolute atomic E-state index is 0.0752. The van der Waals surface area contributed by atoms with Crippen molar-refractivity contribution >= 4 is 29.0 Å². The molecule has 0 bridgehead atoms. The maximum atomic E-state index is 14.4. The Labute approximate surface area is 213 Å². The molecule has 4 atom stereocenters. The molecule has 178 valence electrons. The SMILES string of the molecule is O=C(c1ccc(O)cc1)C1[C@H](c2ccc(Cl)cc2)[C@@H](c2ccccc2)NC12C(=O)Nc1ccccc12. The molecule has 0 aliphatic carbocycles. The molecule has 1 saturated heterocycles. The largest absolute Gasteiger partial charge is 0.508 e. The van der Waals surface area contributed by atoms with Crippen LogP contribution in [0.2, 0.25) is 5.02 Å². The minimum atomic E-state index is -1.28. The van der Waals surface area contributed by atoms with Crippen molar-refractivity contribution in [2.24, 2.45) is 5.92 Å². The summed E-state index contributed by atoms with van der Waals surface area (Å²) in [5.74, 6) is -1.49. The van der Waals surface area contributed by atoms with E-state index in [0.717, 1.165) is 16.7 Å². The zero-order valence-corrected chi connectivity index (χ0v) is 19.9. The van der Waals surface area contributed by atoms with Crippen LogP contribution in [0, 0.1) is 5.92 Å². The highest BCUT2D eigenvalue weighted by molar-refractivity contribution is 6.30. The van der Waals surface area contributed by atoms with Gasteiger partial charge in [-0.15, -0.1) is 0 Å². The van der Waals surface area contributed by atoms with Crippen molar-refractivity contribution in [2.45, 2.75) is 17.5 Å². The molecule has 2 unspecified atom stereocenters. The number of amides is 1. The number of benzene rings is 4. The average molecular weight is 495 g/mol. The topological polar surface area (TPSA) is 78.4 Å². The van der Waals surface area contributed by atoms with E-state index in [4.69, 9.17) is 11.6 Å². The summed E-state index contributed by atoms with van der Waals surface area (Å²) in [6, 6.07) is 30.8. The molecular formula is C30H23ClN2O3. The zero-order valence-electron chi connectivity index (χ0n) is 19.2. The first-order valence-corrected chi connectivity index (χ1v) is 12.2. The number of fused-ring (bicyclic) bond motifs is 2. The summed E-state index contributed by atoms with van der Waals surface area (Å²) in [5.41, 5.74) is 2.49.